The van der Waals surface area contributed by atoms with Crippen LogP contribution in [0.15, 0.2) is 0 Å². The molecule has 0 rings (SSSR count). The average Bonchev–Trinajstić information content (AvgIpc) is 2.32. The normalized spacial score (nSPS) is 14.3. The molecule has 0 spiro atoms. The second kappa shape index (κ2) is 9.57. The molecule has 3 N–H and O–H groups in total. The number of rotatable bonds is 9. The summed E-state index contributed by atoms with van der Waals surface area (Å²) < 4.78 is 10.2. The summed E-state index contributed by atoms with van der Waals surface area (Å²) in [5.41, 5.74) is -0.513. The Labute approximate surface area is 126 Å². The Morgan fingerprint density at radius 3 is 2.38 bits per heavy atom. The van der Waals surface area contributed by atoms with E-state index in [1.807, 2.05) is 0 Å². The molecule has 0 bridgehead atoms. The molecule has 0 aromatic heterocycles. The Morgan fingerprint density at radius 2 is 1.90 bits per heavy atom. The molecule has 7 heteroatoms. The van der Waals surface area contributed by atoms with E-state index in [0.717, 1.165) is 0 Å². The number of methoxy groups -OCH3 is 1. The number of alkyl carbamates (subject to hydrolysis) is 1. The molecule has 7 nitrogen and oxygen atoms in total. The minimum atomic E-state index is -0.900. The highest BCUT2D eigenvalue weighted by Gasteiger charge is 2.18. The number of aliphatic carboxylic acids is 1. The van der Waals surface area contributed by atoms with Crippen molar-refractivity contribution in [1.29, 1.82) is 0 Å². The highest BCUT2D eigenvalue weighted by molar-refractivity contribution is 5.72. The number of nitrogens with one attached hydrogen (secondary N) is 2. The van der Waals surface area contributed by atoms with Crippen molar-refractivity contribution in [3.05, 3.63) is 0 Å². The van der Waals surface area contributed by atoms with Crippen LogP contribution in [0.4, 0.5) is 4.79 Å². The van der Waals surface area contributed by atoms with Crippen molar-refractivity contribution in [1.82, 2.24) is 10.6 Å². The molecule has 0 saturated heterocycles. The molecule has 2 atom stereocenters. The van der Waals surface area contributed by atoms with E-state index in [0.29, 0.717) is 26.0 Å². The van der Waals surface area contributed by atoms with Gasteiger partial charge in [0.15, 0.2) is 0 Å². The molecule has 0 aliphatic heterocycles. The monoisotopic (exact) mass is 304 g/mol. The van der Waals surface area contributed by atoms with Gasteiger partial charge in [-0.1, -0.05) is 0 Å². The van der Waals surface area contributed by atoms with E-state index in [1.165, 1.54) is 0 Å². The number of carboxylic acid groups (broad SMARTS) is 1. The van der Waals surface area contributed by atoms with Crippen molar-refractivity contribution in [2.24, 2.45) is 0 Å². The second-order valence-electron chi connectivity index (χ2n) is 5.95. The van der Waals surface area contributed by atoms with Crippen molar-refractivity contribution in [2.75, 3.05) is 20.3 Å². The molecule has 0 radical (unpaired) electrons. The summed E-state index contributed by atoms with van der Waals surface area (Å²) in [7, 11) is 1.57. The van der Waals surface area contributed by atoms with E-state index in [9.17, 15) is 9.59 Å². The maximum absolute atomic E-state index is 11.4. The van der Waals surface area contributed by atoms with Gasteiger partial charge in [-0.05, 0) is 40.5 Å². The van der Waals surface area contributed by atoms with Gasteiger partial charge in [-0.15, -0.1) is 0 Å². The lowest BCUT2D eigenvalue weighted by molar-refractivity contribution is -0.139. The van der Waals surface area contributed by atoms with Crippen molar-refractivity contribution in [3.63, 3.8) is 0 Å². The molecular formula is C14H28N2O5. The third kappa shape index (κ3) is 11.0. The average molecular weight is 304 g/mol. The first kappa shape index (κ1) is 19.7. The number of amides is 1. The van der Waals surface area contributed by atoms with Crippen LogP contribution in [0, 0.1) is 0 Å². The molecule has 0 saturated carbocycles. The largest absolute Gasteiger partial charge is 0.480 e. The third-order valence-corrected chi connectivity index (χ3v) is 2.62. The van der Waals surface area contributed by atoms with Crippen LogP contribution in [0.5, 0.6) is 0 Å². The summed E-state index contributed by atoms with van der Waals surface area (Å²) in [4.78, 5) is 22.3. The van der Waals surface area contributed by atoms with Crippen molar-refractivity contribution < 1.29 is 24.2 Å². The van der Waals surface area contributed by atoms with Crippen LogP contribution in [-0.2, 0) is 14.3 Å². The highest BCUT2D eigenvalue weighted by Crippen LogP contribution is 2.06. The predicted octanol–water partition coefficient (Wildman–Crippen LogP) is 1.37. The van der Waals surface area contributed by atoms with Crippen LogP contribution in [0.1, 0.15) is 40.5 Å². The fourth-order valence-corrected chi connectivity index (χ4v) is 1.69. The van der Waals surface area contributed by atoms with E-state index in [2.05, 4.69) is 10.6 Å². The molecule has 0 aliphatic carbocycles. The lowest BCUT2D eigenvalue weighted by Crippen LogP contribution is -2.44. The second-order valence-corrected chi connectivity index (χ2v) is 5.95. The number of ether oxygens (including phenoxy) is 2. The number of carboxylic acids is 1. The first-order valence-corrected chi connectivity index (χ1v) is 7.10. The van der Waals surface area contributed by atoms with Crippen LogP contribution in [0.2, 0.25) is 0 Å². The summed E-state index contributed by atoms with van der Waals surface area (Å²) in [6.07, 6.45) is 0.950. The van der Waals surface area contributed by atoms with Gasteiger partial charge in [0.05, 0.1) is 6.61 Å². The van der Waals surface area contributed by atoms with E-state index in [1.54, 1.807) is 34.8 Å². The van der Waals surface area contributed by atoms with Crippen LogP contribution in [0.3, 0.4) is 0 Å². The Morgan fingerprint density at radius 1 is 1.29 bits per heavy atom. The summed E-state index contributed by atoms with van der Waals surface area (Å²) in [6, 6.07) is -0.703. The molecule has 0 heterocycles. The minimum Gasteiger partial charge on any atom is -0.480 e. The van der Waals surface area contributed by atoms with Gasteiger partial charge in [-0.3, -0.25) is 10.1 Å². The van der Waals surface area contributed by atoms with E-state index in [-0.39, 0.29) is 6.04 Å². The van der Waals surface area contributed by atoms with Crippen LogP contribution in [-0.4, -0.2) is 55.1 Å². The van der Waals surface area contributed by atoms with Crippen LogP contribution < -0.4 is 10.6 Å². The zero-order chi connectivity index (χ0) is 16.5. The molecule has 1 amide bonds. The molecule has 21 heavy (non-hydrogen) atoms. The quantitative estimate of drug-likeness (QED) is 0.557. The molecule has 0 fully saturated rings. The van der Waals surface area contributed by atoms with Crippen molar-refractivity contribution in [3.8, 4) is 0 Å². The van der Waals surface area contributed by atoms with Gasteiger partial charge in [-0.25, -0.2) is 4.79 Å². The maximum atomic E-state index is 11.4. The molecule has 0 aromatic carbocycles. The minimum absolute atomic E-state index is 0.0680. The van der Waals surface area contributed by atoms with E-state index in [4.69, 9.17) is 14.6 Å². The topological polar surface area (TPSA) is 96.9 Å². The Hall–Kier alpha value is -1.34. The Kier molecular flexibility index (Phi) is 8.96. The maximum Gasteiger partial charge on any atom is 0.407 e. The summed E-state index contributed by atoms with van der Waals surface area (Å²) in [5, 5.41) is 14.5. The summed E-state index contributed by atoms with van der Waals surface area (Å²) in [5.74, 6) is -0.900. The van der Waals surface area contributed by atoms with Crippen molar-refractivity contribution in [2.45, 2.75) is 58.2 Å². The Bertz CT molecular complexity index is 328. The highest BCUT2D eigenvalue weighted by atomic mass is 16.6. The number of carbonyl (C=O) groups excluding carboxylic acids is 1. The SMILES string of the molecule is COCC(CCCNC(=O)OC(C)(C)C)NC(C)C(=O)O. The van der Waals surface area contributed by atoms with Gasteiger partial charge in [0, 0.05) is 19.7 Å². The van der Waals surface area contributed by atoms with Gasteiger partial charge in [0.2, 0.25) is 0 Å². The lowest BCUT2D eigenvalue weighted by Gasteiger charge is -2.21. The number of carbonyl (C=O) groups is 2. The molecule has 2 unspecified atom stereocenters. The molecule has 0 aliphatic rings. The van der Waals surface area contributed by atoms with Gasteiger partial charge in [-0.2, -0.15) is 0 Å². The van der Waals surface area contributed by atoms with Gasteiger partial charge < -0.3 is 19.9 Å². The fraction of sp³-hybridized carbons (Fsp3) is 0.857. The van der Waals surface area contributed by atoms with Gasteiger partial charge >= 0.3 is 12.1 Å². The van der Waals surface area contributed by atoms with Gasteiger partial charge in [0.1, 0.15) is 11.6 Å². The van der Waals surface area contributed by atoms with Crippen molar-refractivity contribution >= 4 is 12.1 Å². The first-order valence-electron chi connectivity index (χ1n) is 7.10. The predicted molar refractivity (Wildman–Crippen MR) is 79.4 cm³/mol. The molecular weight excluding hydrogens is 276 g/mol. The zero-order valence-corrected chi connectivity index (χ0v) is 13.6. The lowest BCUT2D eigenvalue weighted by atomic mass is 10.1. The summed E-state index contributed by atoms with van der Waals surface area (Å²) in [6.45, 7) is 7.89. The van der Waals surface area contributed by atoms with E-state index >= 15 is 0 Å². The third-order valence-electron chi connectivity index (χ3n) is 2.62. The zero-order valence-electron chi connectivity index (χ0n) is 13.6. The van der Waals surface area contributed by atoms with Crippen LogP contribution >= 0.6 is 0 Å². The molecule has 124 valence electrons. The smallest absolute Gasteiger partial charge is 0.407 e. The van der Waals surface area contributed by atoms with Crippen LogP contribution in [0.25, 0.3) is 0 Å². The molecule has 0 aromatic rings. The van der Waals surface area contributed by atoms with Gasteiger partial charge in [0.25, 0.3) is 0 Å². The van der Waals surface area contributed by atoms with E-state index < -0.39 is 23.7 Å². The number of hydrogen-bond acceptors (Lipinski definition) is 5. The summed E-state index contributed by atoms with van der Waals surface area (Å²) >= 11 is 0. The standard InChI is InChI=1S/C14H28N2O5/c1-10(12(17)18)16-11(9-20-5)7-6-8-15-13(19)21-14(2,3)4/h10-11,16H,6-9H2,1-5H3,(H,15,19)(H,17,18). The number of hydrogen-bond donors (Lipinski definition) is 3. The Balaban J connectivity index is 3.98. The first-order chi connectivity index (χ1) is 9.65. The fourth-order valence-electron chi connectivity index (χ4n) is 1.69.